The highest BCUT2D eigenvalue weighted by Gasteiger charge is 2.17. The highest BCUT2D eigenvalue weighted by atomic mass is 32.2. The minimum Gasteiger partial charge on any atom is -0.371 e. The molecule has 5 nitrogen and oxygen atoms in total. The molecule has 0 radical (unpaired) electrons. The molecule has 2 aliphatic heterocycles. The van der Waals surface area contributed by atoms with Gasteiger partial charge in [0.15, 0.2) is 0 Å². The average Bonchev–Trinajstić information content (AvgIpc) is 3.46. The van der Waals surface area contributed by atoms with Crippen molar-refractivity contribution in [1.82, 2.24) is 19.6 Å². The zero-order valence-corrected chi connectivity index (χ0v) is 19.8. The van der Waals surface area contributed by atoms with Crippen molar-refractivity contribution in [2.24, 2.45) is 0 Å². The van der Waals surface area contributed by atoms with Gasteiger partial charge in [-0.15, -0.1) is 11.8 Å². The van der Waals surface area contributed by atoms with Crippen molar-refractivity contribution in [2.75, 3.05) is 57.0 Å². The number of likely N-dealkylation sites (tertiary alicyclic amines) is 1. The largest absolute Gasteiger partial charge is 0.371 e. The summed E-state index contributed by atoms with van der Waals surface area (Å²) in [5.74, 6) is 0. The Bertz CT molecular complexity index is 980. The minimum absolute atomic E-state index is 0.926. The van der Waals surface area contributed by atoms with E-state index in [4.69, 9.17) is 0 Å². The van der Waals surface area contributed by atoms with Crippen LogP contribution in [0.3, 0.4) is 0 Å². The molecule has 0 spiro atoms. The topological polar surface area (TPSA) is 27.5 Å². The van der Waals surface area contributed by atoms with E-state index >= 15 is 0 Å². The maximum atomic E-state index is 4.57. The molecular weight excluding hydrogens is 402 g/mol. The number of hydrogen-bond acceptors (Lipinski definition) is 5. The van der Waals surface area contributed by atoms with Crippen LogP contribution in [-0.4, -0.2) is 71.6 Å². The average molecular weight is 438 g/mol. The number of nitrogens with zero attached hydrogens (tertiary/aromatic N) is 5. The fraction of sp³-hybridized carbons (Fsp3) is 0.480. The molecular formula is C25H35N5S. The van der Waals surface area contributed by atoms with Crippen molar-refractivity contribution in [3.63, 3.8) is 0 Å². The second-order valence-electron chi connectivity index (χ2n) is 8.47. The molecule has 31 heavy (non-hydrogen) atoms. The molecule has 2 aliphatic rings. The smallest absolute Gasteiger partial charge is 0.0611 e. The van der Waals surface area contributed by atoms with Crippen LogP contribution in [0.5, 0.6) is 0 Å². The molecule has 3 heterocycles. The molecule has 0 aliphatic carbocycles. The van der Waals surface area contributed by atoms with Gasteiger partial charge < -0.3 is 14.7 Å². The molecule has 0 bridgehead atoms. The zero-order chi connectivity index (χ0) is 21.6. The molecule has 2 saturated heterocycles. The highest BCUT2D eigenvalue weighted by molar-refractivity contribution is 7.98. The van der Waals surface area contributed by atoms with Crippen molar-refractivity contribution in [1.29, 1.82) is 0 Å². The number of benzene rings is 1. The van der Waals surface area contributed by atoms with Crippen molar-refractivity contribution in [2.45, 2.75) is 31.2 Å². The molecule has 0 amide bonds. The van der Waals surface area contributed by atoms with E-state index in [0.717, 1.165) is 49.8 Å². The summed E-state index contributed by atoms with van der Waals surface area (Å²) in [7, 11) is 0. The Kier molecular flexibility index (Phi) is 7.41. The molecule has 4 rings (SSSR count). The summed E-state index contributed by atoms with van der Waals surface area (Å²) in [6.07, 6.45) is 11.1. The first kappa shape index (κ1) is 22.0. The van der Waals surface area contributed by atoms with Gasteiger partial charge in [-0.3, -0.25) is 4.68 Å². The molecule has 0 N–H and O–H groups in total. The first-order valence-corrected chi connectivity index (χ1v) is 12.6. The Morgan fingerprint density at radius 2 is 1.74 bits per heavy atom. The van der Waals surface area contributed by atoms with Crippen LogP contribution in [0.4, 0.5) is 5.69 Å². The van der Waals surface area contributed by atoms with Crippen molar-refractivity contribution >= 4 is 30.1 Å². The van der Waals surface area contributed by atoms with Crippen LogP contribution < -0.4 is 15.5 Å². The molecule has 0 atom stereocenters. The Hall–Kier alpha value is -2.18. The standard InChI is InChI=1S/C25H35N5S/c1-21(28-15-17-29(18-16-28)24-8-10-25(31-3)11-9-24)6-7-23-20-26-30(22(23)2)19-14-27-12-4-5-13-27/h6-11,20H,2,4-5,12-19H2,1,3H3/b21-6+,23-7-. The predicted octanol–water partition coefficient (Wildman–Crippen LogP) is 2.62. The lowest BCUT2D eigenvalue weighted by molar-refractivity contribution is 0.314. The van der Waals surface area contributed by atoms with Crippen LogP contribution >= 0.6 is 11.8 Å². The summed E-state index contributed by atoms with van der Waals surface area (Å²) in [4.78, 5) is 8.80. The normalized spacial score (nSPS) is 18.9. The quantitative estimate of drug-likeness (QED) is 0.621. The van der Waals surface area contributed by atoms with Gasteiger partial charge in [0, 0.05) is 54.2 Å². The maximum Gasteiger partial charge on any atom is 0.0611 e. The third kappa shape index (κ3) is 5.55. The number of thioether (sulfide) groups is 1. The summed E-state index contributed by atoms with van der Waals surface area (Å²) >= 11 is 1.79. The van der Waals surface area contributed by atoms with Gasteiger partial charge in [-0.25, -0.2) is 0 Å². The molecule has 1 aromatic carbocycles. The molecule has 0 saturated carbocycles. The van der Waals surface area contributed by atoms with Gasteiger partial charge in [-0.05, 0) is 75.5 Å². The molecule has 2 aromatic rings. The van der Waals surface area contributed by atoms with Crippen LogP contribution in [0.1, 0.15) is 19.8 Å². The van der Waals surface area contributed by atoms with Gasteiger partial charge in [-0.2, -0.15) is 5.10 Å². The van der Waals surface area contributed by atoms with E-state index < -0.39 is 0 Å². The molecule has 1 aromatic heterocycles. The Balaban J connectivity index is 1.33. The van der Waals surface area contributed by atoms with E-state index in [-0.39, 0.29) is 0 Å². The number of aromatic nitrogens is 2. The van der Waals surface area contributed by atoms with E-state index in [0.29, 0.717) is 0 Å². The van der Waals surface area contributed by atoms with Crippen molar-refractivity contribution < 1.29 is 0 Å². The Morgan fingerprint density at radius 1 is 1.03 bits per heavy atom. The number of hydrogen-bond donors (Lipinski definition) is 0. The van der Waals surface area contributed by atoms with Crippen LogP contribution in [0.2, 0.25) is 0 Å². The van der Waals surface area contributed by atoms with Crippen LogP contribution in [0.25, 0.3) is 12.7 Å². The van der Waals surface area contributed by atoms with E-state index in [1.807, 2.05) is 6.20 Å². The SMILES string of the molecule is C=c1/c(=C\C=C(/C)N2CCN(c3ccc(SC)cc3)CC2)cnn1CCN1CCCC1. The van der Waals surface area contributed by atoms with E-state index in [1.165, 1.54) is 42.2 Å². The van der Waals surface area contributed by atoms with Gasteiger partial charge in [-0.1, -0.05) is 6.58 Å². The third-order valence-electron chi connectivity index (χ3n) is 6.53. The van der Waals surface area contributed by atoms with Crippen LogP contribution in [0, 0.1) is 0 Å². The number of piperazine rings is 1. The Labute approximate surface area is 190 Å². The summed E-state index contributed by atoms with van der Waals surface area (Å²) in [5.41, 5.74) is 2.63. The second-order valence-corrected chi connectivity index (χ2v) is 9.34. The van der Waals surface area contributed by atoms with E-state index in [1.54, 1.807) is 11.8 Å². The summed E-state index contributed by atoms with van der Waals surface area (Å²) < 4.78 is 2.05. The van der Waals surface area contributed by atoms with Gasteiger partial charge in [0.1, 0.15) is 0 Å². The van der Waals surface area contributed by atoms with Crippen LogP contribution in [0.15, 0.2) is 47.1 Å². The monoisotopic (exact) mass is 437 g/mol. The van der Waals surface area contributed by atoms with E-state index in [2.05, 4.69) is 80.7 Å². The van der Waals surface area contributed by atoms with Crippen molar-refractivity contribution in [3.8, 4) is 0 Å². The lowest BCUT2D eigenvalue weighted by atomic mass is 10.2. The first-order valence-electron chi connectivity index (χ1n) is 11.4. The molecule has 166 valence electrons. The highest BCUT2D eigenvalue weighted by Crippen LogP contribution is 2.22. The summed E-state index contributed by atoms with van der Waals surface area (Å²) in [5, 5.41) is 6.70. The number of rotatable bonds is 7. The lowest BCUT2D eigenvalue weighted by Gasteiger charge is -2.37. The predicted molar refractivity (Wildman–Crippen MR) is 133 cm³/mol. The van der Waals surface area contributed by atoms with Crippen LogP contribution in [-0.2, 0) is 6.54 Å². The van der Waals surface area contributed by atoms with Gasteiger partial charge in [0.2, 0.25) is 0 Å². The molecule has 0 unspecified atom stereocenters. The number of allylic oxidation sites excluding steroid dienone is 2. The van der Waals surface area contributed by atoms with Crippen molar-refractivity contribution in [3.05, 3.63) is 52.8 Å². The van der Waals surface area contributed by atoms with Gasteiger partial charge in [0.25, 0.3) is 0 Å². The molecule has 2 fully saturated rings. The fourth-order valence-electron chi connectivity index (χ4n) is 4.43. The third-order valence-corrected chi connectivity index (χ3v) is 7.27. The fourth-order valence-corrected chi connectivity index (χ4v) is 4.83. The summed E-state index contributed by atoms with van der Waals surface area (Å²) in [6.45, 7) is 15.1. The van der Waals surface area contributed by atoms with Gasteiger partial charge >= 0.3 is 0 Å². The van der Waals surface area contributed by atoms with Gasteiger partial charge in [0.05, 0.1) is 18.1 Å². The second kappa shape index (κ2) is 10.4. The lowest BCUT2D eigenvalue weighted by Crippen LogP contribution is -2.45. The zero-order valence-electron chi connectivity index (χ0n) is 19.0. The minimum atomic E-state index is 0.926. The number of anilines is 1. The maximum absolute atomic E-state index is 4.57. The summed E-state index contributed by atoms with van der Waals surface area (Å²) in [6, 6.07) is 8.92. The van der Waals surface area contributed by atoms with E-state index in [9.17, 15) is 0 Å². The Morgan fingerprint density at radius 3 is 2.42 bits per heavy atom. The molecule has 6 heteroatoms. The first-order chi connectivity index (χ1) is 15.1.